The Morgan fingerprint density at radius 1 is 1.25 bits per heavy atom. The molecule has 1 aromatic rings. The molecule has 0 fully saturated rings. The summed E-state index contributed by atoms with van der Waals surface area (Å²) in [4.78, 5) is 11.2. The summed E-state index contributed by atoms with van der Waals surface area (Å²) in [5.41, 5.74) is 0.156. The summed E-state index contributed by atoms with van der Waals surface area (Å²) in [7, 11) is 0. The van der Waals surface area contributed by atoms with Crippen LogP contribution in [0.2, 0.25) is 0 Å². The first kappa shape index (κ1) is 19.3. The molecule has 0 aromatic carbocycles. The Kier molecular flexibility index (Phi) is 15.0. The molecule has 0 amide bonds. The van der Waals surface area contributed by atoms with Crippen molar-refractivity contribution in [3.8, 4) is 0 Å². The van der Waals surface area contributed by atoms with Crippen LogP contribution in [-0.4, -0.2) is 41.7 Å². The van der Waals surface area contributed by atoms with Crippen molar-refractivity contribution >= 4 is 61.7 Å². The van der Waals surface area contributed by atoms with Gasteiger partial charge in [-0.1, -0.05) is 50.6 Å². The maximum absolute atomic E-state index is 11.2. The number of rotatable bonds is 7. The van der Waals surface area contributed by atoms with Gasteiger partial charge in [0.15, 0.2) is 0 Å². The third kappa shape index (κ3) is 8.13. The van der Waals surface area contributed by atoms with E-state index < -0.39 is 0 Å². The summed E-state index contributed by atoms with van der Waals surface area (Å²) in [6, 6.07) is 1.64. The van der Waals surface area contributed by atoms with Crippen molar-refractivity contribution in [3.05, 3.63) is 21.8 Å². The Hall–Kier alpha value is 0.980. The molecule has 1 aromatic heterocycles. The number of unbranched alkanes of at least 4 members (excludes halogenated alkanes) is 5. The quantitative estimate of drug-likeness (QED) is 0.556. The maximum atomic E-state index is 11.2. The van der Waals surface area contributed by atoms with E-state index in [0.717, 1.165) is 13.0 Å². The molecule has 0 radical (unpaired) electrons. The summed E-state index contributed by atoms with van der Waals surface area (Å²) >= 11 is 1.52. The van der Waals surface area contributed by atoms with Gasteiger partial charge in [-0.25, -0.2) is 0 Å². The van der Waals surface area contributed by atoms with Crippen molar-refractivity contribution in [2.75, 3.05) is 0 Å². The zero-order valence-electron chi connectivity index (χ0n) is 12.0. The fourth-order valence-corrected chi connectivity index (χ4v) is 2.22. The zero-order valence-corrected chi connectivity index (χ0v) is 13.8. The van der Waals surface area contributed by atoms with Crippen molar-refractivity contribution in [3.63, 3.8) is 0 Å². The molecule has 0 N–H and O–H groups in total. The minimum absolute atomic E-state index is 0. The van der Waals surface area contributed by atoms with Crippen LogP contribution in [0, 0.1) is 0 Å². The van der Waals surface area contributed by atoms with Gasteiger partial charge in [-0.2, -0.15) is 0 Å². The second-order valence-electron chi connectivity index (χ2n) is 3.62. The van der Waals surface area contributed by atoms with Gasteiger partial charge in [0.2, 0.25) is 0 Å². The monoisotopic (exact) mass is 291 g/mol. The molecule has 0 spiro atoms. The van der Waals surface area contributed by atoms with Crippen LogP contribution in [-0.2, 0) is 6.54 Å². The molecule has 1 heterocycles. The number of aromatic nitrogens is 1. The normalized spacial score (nSPS) is 9.31. The van der Waals surface area contributed by atoms with Crippen LogP contribution in [0.15, 0.2) is 16.2 Å². The van der Waals surface area contributed by atoms with E-state index in [2.05, 4.69) is 6.92 Å². The van der Waals surface area contributed by atoms with Crippen LogP contribution < -0.4 is 5.56 Å². The van der Waals surface area contributed by atoms with E-state index in [1.165, 1.54) is 43.6 Å². The average Bonchev–Trinajstić information content (AvgIpc) is 2.58. The van der Waals surface area contributed by atoms with Crippen LogP contribution in [0.4, 0.5) is 0 Å². The van der Waals surface area contributed by atoms with E-state index in [1.54, 1.807) is 6.07 Å². The number of nitrogens with zero attached hydrogens (tertiary/aromatic N) is 1. The Labute approximate surface area is 141 Å². The van der Waals surface area contributed by atoms with Crippen molar-refractivity contribution in [1.82, 2.24) is 3.96 Å². The average molecular weight is 292 g/mol. The predicted octanol–water partition coefficient (Wildman–Crippen LogP) is 3.54. The Morgan fingerprint density at radius 2 is 1.88 bits per heavy atom. The maximum Gasteiger partial charge on any atom is 2.00 e. The van der Waals surface area contributed by atoms with Crippen molar-refractivity contribution in [2.45, 2.75) is 52.0 Å². The van der Waals surface area contributed by atoms with Crippen LogP contribution in [0.5, 0.6) is 0 Å². The molecule has 0 bridgehead atoms. The minimum Gasteiger partial charge on any atom is -1.00 e. The fraction of sp³-hybridized carbons (Fsp3) is 0.727. The fourth-order valence-electron chi connectivity index (χ4n) is 1.50. The number of halogens is 1. The van der Waals surface area contributed by atoms with Gasteiger partial charge in [-0.05, 0) is 6.42 Å². The van der Waals surface area contributed by atoms with Crippen molar-refractivity contribution in [1.29, 1.82) is 0 Å². The first-order valence-corrected chi connectivity index (χ1v) is 6.33. The van der Waals surface area contributed by atoms with Crippen molar-refractivity contribution < 1.29 is 2.85 Å². The summed E-state index contributed by atoms with van der Waals surface area (Å²) in [6.45, 7) is 3.13. The summed E-state index contributed by atoms with van der Waals surface area (Å²) < 4.78 is 1.83. The van der Waals surface area contributed by atoms with Gasteiger partial charge in [0.1, 0.15) is 0 Å². The Balaban J connectivity index is -0.000000245. The number of hydrogen-bond acceptors (Lipinski definition) is 2. The predicted molar refractivity (Wildman–Crippen MR) is 77.2 cm³/mol. The molecule has 0 aliphatic rings. The van der Waals surface area contributed by atoms with Crippen LogP contribution in [0.3, 0.4) is 0 Å². The molecule has 2 nitrogen and oxygen atoms in total. The topological polar surface area (TPSA) is 22.0 Å². The minimum atomic E-state index is 0. The Morgan fingerprint density at radius 3 is 2.44 bits per heavy atom. The van der Waals surface area contributed by atoms with E-state index in [1.807, 2.05) is 9.34 Å². The second-order valence-corrected chi connectivity index (χ2v) is 4.54. The molecule has 16 heavy (non-hydrogen) atoms. The van der Waals surface area contributed by atoms with Gasteiger partial charge in [0.25, 0.3) is 5.56 Å². The summed E-state index contributed by atoms with van der Waals surface area (Å²) in [5, 5.41) is 1.86. The smallest absolute Gasteiger partial charge is 1.00 e. The summed E-state index contributed by atoms with van der Waals surface area (Å²) in [6.07, 6.45) is 7.70. The van der Waals surface area contributed by atoms with Gasteiger partial charge in [-0.3, -0.25) is 8.75 Å². The van der Waals surface area contributed by atoms with Crippen LogP contribution in [0.25, 0.3) is 0 Å². The Bertz CT molecular complexity index is 309. The van der Waals surface area contributed by atoms with Crippen molar-refractivity contribution in [2.24, 2.45) is 0 Å². The molecule has 0 aliphatic heterocycles. The van der Waals surface area contributed by atoms with Crippen LogP contribution >= 0.6 is 23.9 Å². The van der Waals surface area contributed by atoms with E-state index >= 15 is 0 Å². The third-order valence-corrected chi connectivity index (χ3v) is 3.23. The number of aryl methyl sites for hydroxylation is 1. The van der Waals surface area contributed by atoms with E-state index in [4.69, 9.17) is 0 Å². The number of hydrogen-bond donors (Lipinski definition) is 0. The third-order valence-electron chi connectivity index (χ3n) is 2.36. The molecular formula is C11H22CaClNOS. The van der Waals surface area contributed by atoms with Gasteiger partial charge in [0.05, 0.1) is 0 Å². The molecule has 1 rings (SSSR count). The molecule has 0 saturated heterocycles. The van der Waals surface area contributed by atoms with Gasteiger partial charge >= 0.3 is 37.7 Å². The summed E-state index contributed by atoms with van der Waals surface area (Å²) in [5.74, 6) is 0. The van der Waals surface area contributed by atoms with E-state index in [9.17, 15) is 4.79 Å². The first-order chi connectivity index (χ1) is 6.84. The zero-order chi connectivity index (χ0) is 10.2. The van der Waals surface area contributed by atoms with Gasteiger partial charge in [0, 0.05) is 18.0 Å². The SMILES string of the molecule is CCCCCCCCn1sccc1=O.Cl.[Ca+2].[H-].[H-]. The molecule has 92 valence electrons. The molecule has 0 unspecified atom stereocenters. The largest absolute Gasteiger partial charge is 2.00 e. The van der Waals surface area contributed by atoms with Gasteiger partial charge in [-0.15, -0.1) is 12.4 Å². The first-order valence-electron chi connectivity index (χ1n) is 5.49. The van der Waals surface area contributed by atoms with E-state index in [0.29, 0.717) is 0 Å². The molecular weight excluding hydrogens is 270 g/mol. The standard InChI is InChI=1S/C11H19NOS.Ca.ClH.2H/c1-2-3-4-5-6-7-9-12-11(13)8-10-14-12;;;;/h8,10H,2-7,9H2,1H3;;1H;;/q;+2;;2*-1. The van der Waals surface area contributed by atoms with E-state index in [-0.39, 0.29) is 58.6 Å². The molecule has 0 atom stereocenters. The molecule has 5 heteroatoms. The van der Waals surface area contributed by atoms with Crippen LogP contribution in [0.1, 0.15) is 48.3 Å². The molecule has 0 saturated carbocycles. The van der Waals surface area contributed by atoms with Gasteiger partial charge < -0.3 is 2.85 Å². The molecule has 0 aliphatic carbocycles. The second kappa shape index (κ2) is 12.4.